The predicted molar refractivity (Wildman–Crippen MR) is 72.2 cm³/mol. The summed E-state index contributed by atoms with van der Waals surface area (Å²) in [5, 5.41) is 0. The number of aromatic nitrogens is 3. The first-order valence-electron chi connectivity index (χ1n) is 5.90. The Labute approximate surface area is 106 Å². The first kappa shape index (κ1) is 10.8. The highest BCUT2D eigenvalue weighted by molar-refractivity contribution is 5.78. The second-order valence-electron chi connectivity index (χ2n) is 4.34. The second-order valence-corrected chi connectivity index (χ2v) is 4.34. The van der Waals surface area contributed by atoms with E-state index in [-0.39, 0.29) is 0 Å². The summed E-state index contributed by atoms with van der Waals surface area (Å²) in [5.41, 5.74) is 5.95. The fourth-order valence-corrected chi connectivity index (χ4v) is 2.09. The zero-order valence-corrected chi connectivity index (χ0v) is 10.4. The summed E-state index contributed by atoms with van der Waals surface area (Å²) in [5.74, 6) is 0. The van der Waals surface area contributed by atoms with E-state index >= 15 is 0 Å². The van der Waals surface area contributed by atoms with Gasteiger partial charge in [-0.2, -0.15) is 0 Å². The van der Waals surface area contributed by atoms with Crippen LogP contribution in [-0.2, 0) is 0 Å². The smallest absolute Gasteiger partial charge is 0.108 e. The lowest BCUT2D eigenvalue weighted by Gasteiger charge is -2.08. The summed E-state index contributed by atoms with van der Waals surface area (Å²) in [6, 6.07) is 10.1. The minimum atomic E-state index is 0.835. The van der Waals surface area contributed by atoms with E-state index in [0.29, 0.717) is 0 Å². The largest absolute Gasteiger partial charge is 0.262 e. The SMILES string of the molecule is Cc1ccccc1-c1nc2cnccc2nc1C. The Bertz CT molecular complexity index is 720. The molecule has 1 aromatic carbocycles. The Morgan fingerprint density at radius 3 is 2.56 bits per heavy atom. The summed E-state index contributed by atoms with van der Waals surface area (Å²) < 4.78 is 0. The maximum atomic E-state index is 4.68. The van der Waals surface area contributed by atoms with Crippen LogP contribution in [0.3, 0.4) is 0 Å². The maximum absolute atomic E-state index is 4.68. The van der Waals surface area contributed by atoms with Crippen molar-refractivity contribution >= 4 is 11.0 Å². The average Bonchev–Trinajstić information content (AvgIpc) is 2.39. The molecule has 0 unspecified atom stereocenters. The number of nitrogens with zero attached hydrogens (tertiary/aromatic N) is 3. The molecular formula is C15H13N3. The van der Waals surface area contributed by atoms with E-state index in [1.807, 2.05) is 25.1 Å². The lowest BCUT2D eigenvalue weighted by Crippen LogP contribution is -1.96. The quantitative estimate of drug-likeness (QED) is 0.649. The van der Waals surface area contributed by atoms with Gasteiger partial charge in [0.15, 0.2) is 0 Å². The second kappa shape index (κ2) is 4.18. The van der Waals surface area contributed by atoms with E-state index in [2.05, 4.69) is 34.0 Å². The van der Waals surface area contributed by atoms with Crippen molar-refractivity contribution < 1.29 is 0 Å². The Morgan fingerprint density at radius 2 is 1.72 bits per heavy atom. The van der Waals surface area contributed by atoms with Gasteiger partial charge in [0.1, 0.15) is 5.52 Å². The molecule has 0 aliphatic heterocycles. The lowest BCUT2D eigenvalue weighted by atomic mass is 10.0. The molecule has 3 rings (SSSR count). The van der Waals surface area contributed by atoms with Crippen LogP contribution in [0.4, 0.5) is 0 Å². The molecule has 3 nitrogen and oxygen atoms in total. The first-order valence-corrected chi connectivity index (χ1v) is 5.90. The topological polar surface area (TPSA) is 38.7 Å². The minimum Gasteiger partial charge on any atom is -0.262 e. The Balaban J connectivity index is 2.30. The van der Waals surface area contributed by atoms with Crippen LogP contribution in [0.5, 0.6) is 0 Å². The molecule has 0 radical (unpaired) electrons. The van der Waals surface area contributed by atoms with E-state index in [0.717, 1.165) is 28.0 Å². The van der Waals surface area contributed by atoms with Crippen LogP contribution in [0.15, 0.2) is 42.7 Å². The highest BCUT2D eigenvalue weighted by Gasteiger charge is 2.09. The molecule has 0 aliphatic rings. The van der Waals surface area contributed by atoms with Crippen LogP contribution in [-0.4, -0.2) is 15.0 Å². The molecule has 0 amide bonds. The van der Waals surface area contributed by atoms with Gasteiger partial charge in [0.05, 0.1) is 23.1 Å². The zero-order valence-electron chi connectivity index (χ0n) is 10.4. The maximum Gasteiger partial charge on any atom is 0.108 e. The van der Waals surface area contributed by atoms with Crippen LogP contribution < -0.4 is 0 Å². The molecule has 18 heavy (non-hydrogen) atoms. The molecule has 2 aromatic heterocycles. The normalized spacial score (nSPS) is 10.8. The van der Waals surface area contributed by atoms with Gasteiger partial charge in [-0.3, -0.25) is 4.98 Å². The van der Waals surface area contributed by atoms with Crippen molar-refractivity contribution in [3.05, 3.63) is 54.0 Å². The van der Waals surface area contributed by atoms with E-state index < -0.39 is 0 Å². The number of rotatable bonds is 1. The number of aryl methyl sites for hydroxylation is 2. The van der Waals surface area contributed by atoms with Gasteiger partial charge in [-0.15, -0.1) is 0 Å². The predicted octanol–water partition coefficient (Wildman–Crippen LogP) is 3.31. The number of pyridine rings is 1. The van der Waals surface area contributed by atoms with Crippen molar-refractivity contribution in [1.29, 1.82) is 0 Å². The highest BCUT2D eigenvalue weighted by atomic mass is 14.8. The molecule has 0 saturated heterocycles. The third-order valence-electron chi connectivity index (χ3n) is 3.04. The molecule has 0 fully saturated rings. The Kier molecular flexibility index (Phi) is 2.52. The molecule has 0 saturated carbocycles. The van der Waals surface area contributed by atoms with E-state index in [1.54, 1.807) is 12.4 Å². The van der Waals surface area contributed by atoms with Gasteiger partial charge >= 0.3 is 0 Å². The monoisotopic (exact) mass is 235 g/mol. The Hall–Kier alpha value is -2.29. The van der Waals surface area contributed by atoms with Crippen LogP contribution in [0.25, 0.3) is 22.3 Å². The molecular weight excluding hydrogens is 222 g/mol. The number of fused-ring (bicyclic) bond motifs is 1. The van der Waals surface area contributed by atoms with Crippen molar-refractivity contribution in [3.63, 3.8) is 0 Å². The van der Waals surface area contributed by atoms with Crippen molar-refractivity contribution in [2.45, 2.75) is 13.8 Å². The van der Waals surface area contributed by atoms with Crippen molar-refractivity contribution in [2.24, 2.45) is 0 Å². The van der Waals surface area contributed by atoms with Gasteiger partial charge in [-0.1, -0.05) is 24.3 Å². The van der Waals surface area contributed by atoms with Gasteiger partial charge in [0.2, 0.25) is 0 Å². The Morgan fingerprint density at radius 1 is 0.889 bits per heavy atom. The van der Waals surface area contributed by atoms with Crippen molar-refractivity contribution in [1.82, 2.24) is 15.0 Å². The molecule has 0 spiro atoms. The van der Waals surface area contributed by atoms with Gasteiger partial charge in [-0.25, -0.2) is 9.97 Å². The number of hydrogen-bond acceptors (Lipinski definition) is 3. The van der Waals surface area contributed by atoms with E-state index in [9.17, 15) is 0 Å². The molecule has 0 aliphatic carbocycles. The first-order chi connectivity index (χ1) is 8.75. The van der Waals surface area contributed by atoms with Crippen molar-refractivity contribution in [2.75, 3.05) is 0 Å². The average molecular weight is 235 g/mol. The summed E-state index contributed by atoms with van der Waals surface area (Å²) in [7, 11) is 0. The summed E-state index contributed by atoms with van der Waals surface area (Å²) >= 11 is 0. The fraction of sp³-hybridized carbons (Fsp3) is 0.133. The summed E-state index contributed by atoms with van der Waals surface area (Å²) in [4.78, 5) is 13.4. The van der Waals surface area contributed by atoms with Crippen LogP contribution in [0, 0.1) is 13.8 Å². The molecule has 0 atom stereocenters. The van der Waals surface area contributed by atoms with Crippen molar-refractivity contribution in [3.8, 4) is 11.3 Å². The number of benzene rings is 1. The third kappa shape index (κ3) is 1.74. The highest BCUT2D eigenvalue weighted by Crippen LogP contribution is 2.25. The zero-order chi connectivity index (χ0) is 12.5. The van der Waals surface area contributed by atoms with E-state index in [4.69, 9.17) is 0 Å². The van der Waals surface area contributed by atoms with Gasteiger partial charge < -0.3 is 0 Å². The van der Waals surface area contributed by atoms with E-state index in [1.165, 1.54) is 5.56 Å². The molecule has 88 valence electrons. The number of hydrogen-bond donors (Lipinski definition) is 0. The third-order valence-corrected chi connectivity index (χ3v) is 3.04. The van der Waals surface area contributed by atoms with Crippen LogP contribution in [0.2, 0.25) is 0 Å². The summed E-state index contributed by atoms with van der Waals surface area (Å²) in [6.45, 7) is 4.08. The van der Waals surface area contributed by atoms with Crippen LogP contribution >= 0.6 is 0 Å². The van der Waals surface area contributed by atoms with Gasteiger partial charge in [-0.05, 0) is 25.5 Å². The fourth-order valence-electron chi connectivity index (χ4n) is 2.09. The van der Waals surface area contributed by atoms with Crippen LogP contribution in [0.1, 0.15) is 11.3 Å². The van der Waals surface area contributed by atoms with Gasteiger partial charge in [0, 0.05) is 11.8 Å². The molecule has 3 aromatic rings. The standard InChI is InChI=1S/C15H13N3/c1-10-5-3-4-6-12(10)15-11(2)17-13-7-8-16-9-14(13)18-15/h3-9H,1-2H3. The molecule has 2 heterocycles. The molecule has 0 bridgehead atoms. The summed E-state index contributed by atoms with van der Waals surface area (Å²) in [6.07, 6.45) is 3.49. The molecule has 3 heteroatoms. The lowest BCUT2D eigenvalue weighted by molar-refractivity contribution is 1.17. The minimum absolute atomic E-state index is 0.835. The van der Waals surface area contributed by atoms with Gasteiger partial charge in [0.25, 0.3) is 0 Å². The molecule has 0 N–H and O–H groups in total.